The number of aromatic amines is 1. The van der Waals surface area contributed by atoms with Gasteiger partial charge in [-0.25, -0.2) is 10.1 Å². The average molecular weight is 204 g/mol. The van der Waals surface area contributed by atoms with E-state index in [1.807, 2.05) is 24.3 Å². The average Bonchev–Trinajstić information content (AvgIpc) is 2.79. The minimum Gasteiger partial charge on any atom is -0.496 e. The van der Waals surface area contributed by atoms with E-state index in [-0.39, 0.29) is 0 Å². The minimum atomic E-state index is 0.652. The standard InChI is InChI=1S/C10H12N4O/c1-15-9-5-3-2-4-8(9)6-11-10-12-7-13-14-10/h2-5,7H,6H2,1H3,(H2,11,12,13,14). The summed E-state index contributed by atoms with van der Waals surface area (Å²) in [7, 11) is 1.66. The Morgan fingerprint density at radius 2 is 2.27 bits per heavy atom. The van der Waals surface area contributed by atoms with Gasteiger partial charge in [-0.1, -0.05) is 18.2 Å². The lowest BCUT2D eigenvalue weighted by atomic mass is 10.2. The molecule has 15 heavy (non-hydrogen) atoms. The van der Waals surface area contributed by atoms with Crippen molar-refractivity contribution in [1.29, 1.82) is 0 Å². The molecule has 0 atom stereocenters. The van der Waals surface area contributed by atoms with E-state index in [9.17, 15) is 0 Å². The van der Waals surface area contributed by atoms with Gasteiger partial charge in [-0.3, -0.25) is 0 Å². The van der Waals surface area contributed by atoms with E-state index in [1.165, 1.54) is 6.33 Å². The molecule has 0 aliphatic carbocycles. The molecule has 2 aromatic rings. The van der Waals surface area contributed by atoms with Crippen LogP contribution < -0.4 is 10.1 Å². The molecule has 0 spiro atoms. The number of nitrogens with one attached hydrogen (secondary N) is 2. The summed E-state index contributed by atoms with van der Waals surface area (Å²) in [6, 6.07) is 7.84. The Morgan fingerprint density at radius 3 is 3.00 bits per heavy atom. The summed E-state index contributed by atoms with van der Waals surface area (Å²) < 4.78 is 5.23. The van der Waals surface area contributed by atoms with E-state index < -0.39 is 0 Å². The maximum absolute atomic E-state index is 5.23. The number of ether oxygens (including phenoxy) is 1. The second kappa shape index (κ2) is 4.45. The summed E-state index contributed by atoms with van der Waals surface area (Å²) in [6.45, 7) is 0.652. The highest BCUT2D eigenvalue weighted by Gasteiger charge is 2.01. The van der Waals surface area contributed by atoms with Gasteiger partial charge in [-0.2, -0.15) is 5.10 Å². The monoisotopic (exact) mass is 204 g/mol. The molecule has 78 valence electrons. The summed E-state index contributed by atoms with van der Waals surface area (Å²) in [4.78, 5) is 3.97. The van der Waals surface area contributed by atoms with Crippen LogP contribution in [0.3, 0.4) is 0 Å². The maximum Gasteiger partial charge on any atom is 0.218 e. The molecule has 5 nitrogen and oxygen atoms in total. The molecule has 5 heteroatoms. The van der Waals surface area contributed by atoms with Crippen LogP contribution >= 0.6 is 0 Å². The number of aromatic nitrogens is 3. The van der Waals surface area contributed by atoms with Crippen LogP contribution in [0.5, 0.6) is 5.75 Å². The zero-order valence-electron chi connectivity index (χ0n) is 8.40. The number of para-hydroxylation sites is 1. The first-order chi connectivity index (χ1) is 7.40. The third-order valence-corrected chi connectivity index (χ3v) is 2.05. The zero-order valence-corrected chi connectivity index (χ0v) is 8.40. The van der Waals surface area contributed by atoms with Crippen molar-refractivity contribution < 1.29 is 4.74 Å². The molecular formula is C10H12N4O. The van der Waals surface area contributed by atoms with E-state index in [4.69, 9.17) is 4.74 Å². The van der Waals surface area contributed by atoms with Gasteiger partial charge < -0.3 is 10.1 Å². The van der Waals surface area contributed by atoms with Gasteiger partial charge in [-0.05, 0) is 6.07 Å². The van der Waals surface area contributed by atoms with Crippen LogP contribution in [0.25, 0.3) is 0 Å². The van der Waals surface area contributed by atoms with Crippen molar-refractivity contribution in [3.05, 3.63) is 36.2 Å². The predicted molar refractivity (Wildman–Crippen MR) is 56.7 cm³/mol. The molecule has 0 aliphatic heterocycles. The Kier molecular flexibility index (Phi) is 2.82. The molecule has 0 aliphatic rings. The molecule has 0 radical (unpaired) electrons. The lowest BCUT2D eigenvalue weighted by Crippen LogP contribution is -2.02. The quantitative estimate of drug-likeness (QED) is 0.790. The second-order valence-corrected chi connectivity index (χ2v) is 3.00. The van der Waals surface area contributed by atoms with Gasteiger partial charge in [0.15, 0.2) is 0 Å². The van der Waals surface area contributed by atoms with Crippen LogP contribution in [0, 0.1) is 0 Å². The highest BCUT2D eigenvalue weighted by Crippen LogP contribution is 2.17. The Hall–Kier alpha value is -2.04. The van der Waals surface area contributed by atoms with E-state index in [0.29, 0.717) is 12.5 Å². The second-order valence-electron chi connectivity index (χ2n) is 3.00. The number of hydrogen-bond donors (Lipinski definition) is 2. The lowest BCUT2D eigenvalue weighted by molar-refractivity contribution is 0.410. The van der Waals surface area contributed by atoms with Crippen molar-refractivity contribution in [2.24, 2.45) is 0 Å². The van der Waals surface area contributed by atoms with Crippen LogP contribution in [0.1, 0.15) is 5.56 Å². The van der Waals surface area contributed by atoms with Gasteiger partial charge in [0.2, 0.25) is 5.95 Å². The third-order valence-electron chi connectivity index (χ3n) is 2.05. The molecule has 0 fully saturated rings. The number of nitrogens with zero attached hydrogens (tertiary/aromatic N) is 2. The first-order valence-corrected chi connectivity index (χ1v) is 4.61. The number of rotatable bonds is 4. The van der Waals surface area contributed by atoms with Crippen molar-refractivity contribution in [2.75, 3.05) is 12.4 Å². The first kappa shape index (κ1) is 9.51. The maximum atomic E-state index is 5.23. The van der Waals surface area contributed by atoms with Gasteiger partial charge in [0.05, 0.1) is 7.11 Å². The number of anilines is 1. The molecule has 1 heterocycles. The van der Waals surface area contributed by atoms with Crippen LogP contribution in [0.4, 0.5) is 5.95 Å². The smallest absolute Gasteiger partial charge is 0.218 e. The van der Waals surface area contributed by atoms with E-state index in [2.05, 4.69) is 20.5 Å². The van der Waals surface area contributed by atoms with E-state index in [1.54, 1.807) is 7.11 Å². The Morgan fingerprint density at radius 1 is 1.40 bits per heavy atom. The number of hydrogen-bond acceptors (Lipinski definition) is 4. The van der Waals surface area contributed by atoms with E-state index >= 15 is 0 Å². The van der Waals surface area contributed by atoms with Gasteiger partial charge in [0, 0.05) is 12.1 Å². The summed E-state index contributed by atoms with van der Waals surface area (Å²) in [5.74, 6) is 1.52. The number of benzene rings is 1. The summed E-state index contributed by atoms with van der Waals surface area (Å²) in [6.07, 6.45) is 1.46. The van der Waals surface area contributed by atoms with Crippen molar-refractivity contribution >= 4 is 5.95 Å². The molecule has 0 unspecified atom stereocenters. The molecule has 0 amide bonds. The van der Waals surface area contributed by atoms with E-state index in [0.717, 1.165) is 11.3 Å². The Balaban J connectivity index is 2.04. The van der Waals surface area contributed by atoms with Crippen molar-refractivity contribution in [2.45, 2.75) is 6.54 Å². The van der Waals surface area contributed by atoms with Gasteiger partial charge in [0.25, 0.3) is 0 Å². The molecule has 2 rings (SSSR count). The Bertz CT molecular complexity index is 413. The highest BCUT2D eigenvalue weighted by molar-refractivity contribution is 5.36. The molecule has 1 aromatic carbocycles. The first-order valence-electron chi connectivity index (χ1n) is 4.61. The van der Waals surface area contributed by atoms with Crippen LogP contribution in [-0.2, 0) is 6.54 Å². The normalized spacial score (nSPS) is 9.93. The molecule has 0 saturated carbocycles. The van der Waals surface area contributed by atoms with Crippen molar-refractivity contribution in [3.8, 4) is 5.75 Å². The van der Waals surface area contributed by atoms with Crippen molar-refractivity contribution in [3.63, 3.8) is 0 Å². The Labute approximate surface area is 87.5 Å². The molecular weight excluding hydrogens is 192 g/mol. The fraction of sp³-hybridized carbons (Fsp3) is 0.200. The predicted octanol–water partition coefficient (Wildman–Crippen LogP) is 1.43. The van der Waals surface area contributed by atoms with Gasteiger partial charge >= 0.3 is 0 Å². The topological polar surface area (TPSA) is 62.8 Å². The summed E-state index contributed by atoms with van der Waals surface area (Å²) >= 11 is 0. The summed E-state index contributed by atoms with van der Waals surface area (Å²) in [5, 5.41) is 9.59. The SMILES string of the molecule is COc1ccccc1CNc1ncn[nH]1. The number of H-pyrrole nitrogens is 1. The van der Waals surface area contributed by atoms with Gasteiger partial charge in [0.1, 0.15) is 12.1 Å². The van der Waals surface area contributed by atoms with Crippen LogP contribution in [0.2, 0.25) is 0 Å². The molecule has 0 saturated heterocycles. The highest BCUT2D eigenvalue weighted by atomic mass is 16.5. The third kappa shape index (κ3) is 2.25. The van der Waals surface area contributed by atoms with Crippen LogP contribution in [-0.4, -0.2) is 22.3 Å². The minimum absolute atomic E-state index is 0.652. The number of methoxy groups -OCH3 is 1. The fourth-order valence-corrected chi connectivity index (χ4v) is 1.32. The zero-order chi connectivity index (χ0) is 10.5. The fourth-order valence-electron chi connectivity index (χ4n) is 1.32. The molecule has 1 aromatic heterocycles. The largest absolute Gasteiger partial charge is 0.496 e. The molecule has 0 bridgehead atoms. The van der Waals surface area contributed by atoms with Gasteiger partial charge in [-0.15, -0.1) is 0 Å². The van der Waals surface area contributed by atoms with Crippen molar-refractivity contribution in [1.82, 2.24) is 15.2 Å². The lowest BCUT2D eigenvalue weighted by Gasteiger charge is -2.07. The summed E-state index contributed by atoms with van der Waals surface area (Å²) in [5.41, 5.74) is 1.08. The molecule has 2 N–H and O–H groups in total. The van der Waals surface area contributed by atoms with Crippen LogP contribution in [0.15, 0.2) is 30.6 Å².